The van der Waals surface area contributed by atoms with Crippen molar-refractivity contribution in [2.24, 2.45) is 0 Å². The summed E-state index contributed by atoms with van der Waals surface area (Å²) in [5, 5.41) is 3.25. The molecule has 0 unspecified atom stereocenters. The molecule has 110 valence electrons. The van der Waals surface area contributed by atoms with Crippen LogP contribution in [0.1, 0.15) is 43.7 Å². The van der Waals surface area contributed by atoms with Crippen LogP contribution < -0.4 is 10.1 Å². The van der Waals surface area contributed by atoms with Crippen LogP contribution in [-0.4, -0.2) is 16.1 Å². The highest BCUT2D eigenvalue weighted by Gasteiger charge is 2.24. The van der Waals surface area contributed by atoms with Crippen molar-refractivity contribution in [2.75, 3.05) is 5.32 Å². The van der Waals surface area contributed by atoms with Crippen LogP contribution >= 0.6 is 0 Å². The molecule has 0 atom stereocenters. The summed E-state index contributed by atoms with van der Waals surface area (Å²) in [6.45, 7) is 4.82. The maximum absolute atomic E-state index is 5.87. The van der Waals surface area contributed by atoms with E-state index in [2.05, 4.69) is 47.3 Å². The van der Waals surface area contributed by atoms with Crippen molar-refractivity contribution in [3.8, 4) is 5.75 Å². The Morgan fingerprint density at radius 3 is 2.62 bits per heavy atom. The first-order valence-corrected chi connectivity index (χ1v) is 7.52. The van der Waals surface area contributed by atoms with Gasteiger partial charge in [0.1, 0.15) is 5.75 Å². The number of rotatable bonds is 6. The SMILES string of the molecule is CC(C)Oc1cc(CNc2ncccn2)cc(C2CC2)c1. The van der Waals surface area contributed by atoms with E-state index < -0.39 is 0 Å². The van der Waals surface area contributed by atoms with E-state index in [1.54, 1.807) is 12.4 Å². The summed E-state index contributed by atoms with van der Waals surface area (Å²) in [5.74, 6) is 2.33. The molecular weight excluding hydrogens is 262 g/mol. The van der Waals surface area contributed by atoms with Gasteiger partial charge < -0.3 is 10.1 Å². The van der Waals surface area contributed by atoms with Crippen molar-refractivity contribution in [3.05, 3.63) is 47.8 Å². The van der Waals surface area contributed by atoms with Gasteiger partial charge in [0, 0.05) is 18.9 Å². The van der Waals surface area contributed by atoms with Gasteiger partial charge in [-0.3, -0.25) is 0 Å². The smallest absolute Gasteiger partial charge is 0.222 e. The van der Waals surface area contributed by atoms with Crippen molar-refractivity contribution in [1.29, 1.82) is 0 Å². The predicted octanol–water partition coefficient (Wildman–Crippen LogP) is 3.75. The van der Waals surface area contributed by atoms with E-state index in [4.69, 9.17) is 4.74 Å². The molecule has 4 nitrogen and oxygen atoms in total. The molecule has 1 aliphatic carbocycles. The largest absolute Gasteiger partial charge is 0.491 e. The first kappa shape index (κ1) is 13.9. The van der Waals surface area contributed by atoms with Crippen LogP contribution in [0.4, 0.5) is 5.95 Å². The first-order chi connectivity index (χ1) is 10.2. The average molecular weight is 283 g/mol. The van der Waals surface area contributed by atoms with Crippen LogP contribution in [0.5, 0.6) is 5.75 Å². The Hall–Kier alpha value is -2.10. The third kappa shape index (κ3) is 3.94. The second-order valence-electron chi connectivity index (χ2n) is 5.78. The molecule has 0 aliphatic heterocycles. The Morgan fingerprint density at radius 2 is 1.95 bits per heavy atom. The summed E-state index contributed by atoms with van der Waals surface area (Å²) in [7, 11) is 0. The molecule has 0 saturated heterocycles. The topological polar surface area (TPSA) is 47.0 Å². The fourth-order valence-electron chi connectivity index (χ4n) is 2.35. The molecule has 0 spiro atoms. The van der Waals surface area contributed by atoms with Crippen molar-refractivity contribution in [3.63, 3.8) is 0 Å². The molecule has 1 aliphatic rings. The number of benzene rings is 1. The maximum Gasteiger partial charge on any atom is 0.222 e. The van der Waals surface area contributed by atoms with Crippen molar-refractivity contribution >= 4 is 5.95 Å². The lowest BCUT2D eigenvalue weighted by Crippen LogP contribution is -2.08. The molecule has 0 bridgehead atoms. The van der Waals surface area contributed by atoms with Gasteiger partial charge >= 0.3 is 0 Å². The molecule has 1 aromatic carbocycles. The Labute approximate surface area is 125 Å². The lowest BCUT2D eigenvalue weighted by Gasteiger charge is -2.14. The van der Waals surface area contributed by atoms with E-state index in [1.807, 2.05) is 6.07 Å². The number of ether oxygens (including phenoxy) is 1. The molecule has 2 aromatic rings. The van der Waals surface area contributed by atoms with E-state index in [-0.39, 0.29) is 6.10 Å². The molecule has 1 saturated carbocycles. The quantitative estimate of drug-likeness (QED) is 0.877. The summed E-state index contributed by atoms with van der Waals surface area (Å²) < 4.78 is 5.87. The molecular formula is C17H21N3O. The highest BCUT2D eigenvalue weighted by Crippen LogP contribution is 2.41. The zero-order chi connectivity index (χ0) is 14.7. The van der Waals surface area contributed by atoms with Gasteiger partial charge in [-0.1, -0.05) is 6.07 Å². The van der Waals surface area contributed by atoms with E-state index >= 15 is 0 Å². The Morgan fingerprint density at radius 1 is 1.19 bits per heavy atom. The molecule has 1 aromatic heterocycles. The zero-order valence-corrected chi connectivity index (χ0v) is 12.5. The second kappa shape index (κ2) is 6.12. The molecule has 3 rings (SSSR count). The monoisotopic (exact) mass is 283 g/mol. The number of hydrogen-bond donors (Lipinski definition) is 1. The Bertz CT molecular complexity index is 594. The lowest BCUT2D eigenvalue weighted by atomic mass is 10.1. The maximum atomic E-state index is 5.87. The minimum absolute atomic E-state index is 0.192. The van der Waals surface area contributed by atoms with Gasteiger partial charge in [0.05, 0.1) is 6.10 Å². The highest BCUT2D eigenvalue weighted by molar-refractivity contribution is 5.39. The van der Waals surface area contributed by atoms with Gasteiger partial charge in [0.25, 0.3) is 0 Å². The molecule has 1 fully saturated rings. The van der Waals surface area contributed by atoms with Gasteiger partial charge in [-0.25, -0.2) is 9.97 Å². The normalized spacial score (nSPS) is 14.2. The van der Waals surface area contributed by atoms with Gasteiger partial charge in [0.2, 0.25) is 5.95 Å². The summed E-state index contributed by atoms with van der Waals surface area (Å²) in [4.78, 5) is 8.36. The van der Waals surface area contributed by atoms with Gasteiger partial charge in [0.15, 0.2) is 0 Å². The van der Waals surface area contributed by atoms with Gasteiger partial charge in [-0.2, -0.15) is 0 Å². The number of nitrogens with one attached hydrogen (secondary N) is 1. The van der Waals surface area contributed by atoms with E-state index in [9.17, 15) is 0 Å². The molecule has 4 heteroatoms. The summed E-state index contributed by atoms with van der Waals surface area (Å²) in [6.07, 6.45) is 6.25. The Kier molecular flexibility index (Phi) is 4.04. The number of anilines is 1. The van der Waals surface area contributed by atoms with Crippen molar-refractivity contribution in [2.45, 2.75) is 45.3 Å². The third-order valence-electron chi connectivity index (χ3n) is 3.43. The lowest BCUT2D eigenvalue weighted by molar-refractivity contribution is 0.242. The number of nitrogens with zero attached hydrogens (tertiary/aromatic N) is 2. The van der Waals surface area contributed by atoms with Crippen LogP contribution in [0.3, 0.4) is 0 Å². The van der Waals surface area contributed by atoms with Crippen LogP contribution in [0.25, 0.3) is 0 Å². The number of aromatic nitrogens is 2. The second-order valence-corrected chi connectivity index (χ2v) is 5.78. The first-order valence-electron chi connectivity index (χ1n) is 7.52. The van der Waals surface area contributed by atoms with E-state index in [0.29, 0.717) is 18.4 Å². The minimum Gasteiger partial charge on any atom is -0.491 e. The molecule has 1 heterocycles. The molecule has 1 N–H and O–H groups in total. The Balaban J connectivity index is 1.75. The highest BCUT2D eigenvalue weighted by atomic mass is 16.5. The van der Waals surface area contributed by atoms with E-state index in [1.165, 1.54) is 24.0 Å². The summed E-state index contributed by atoms with van der Waals surface area (Å²) >= 11 is 0. The molecule has 0 amide bonds. The van der Waals surface area contributed by atoms with E-state index in [0.717, 1.165) is 5.75 Å². The van der Waals surface area contributed by atoms with Crippen molar-refractivity contribution < 1.29 is 4.74 Å². The summed E-state index contributed by atoms with van der Waals surface area (Å²) in [6, 6.07) is 8.36. The van der Waals surface area contributed by atoms with Gasteiger partial charge in [-0.05, 0) is 61.9 Å². The predicted molar refractivity (Wildman–Crippen MR) is 83.5 cm³/mol. The summed E-state index contributed by atoms with van der Waals surface area (Å²) in [5.41, 5.74) is 2.60. The van der Waals surface area contributed by atoms with Crippen LogP contribution in [0.15, 0.2) is 36.7 Å². The number of hydrogen-bond acceptors (Lipinski definition) is 4. The van der Waals surface area contributed by atoms with Crippen LogP contribution in [0.2, 0.25) is 0 Å². The van der Waals surface area contributed by atoms with Crippen molar-refractivity contribution in [1.82, 2.24) is 9.97 Å². The average Bonchev–Trinajstić information content (AvgIpc) is 3.30. The molecule has 21 heavy (non-hydrogen) atoms. The van der Waals surface area contributed by atoms with Crippen LogP contribution in [-0.2, 0) is 6.54 Å². The fraction of sp³-hybridized carbons (Fsp3) is 0.412. The standard InChI is InChI=1S/C17H21N3O/c1-12(2)21-16-9-13(8-15(10-16)14-4-5-14)11-20-17-18-6-3-7-19-17/h3,6-10,12,14H,4-5,11H2,1-2H3,(H,18,19,20). The minimum atomic E-state index is 0.192. The van der Waals surface area contributed by atoms with Crippen LogP contribution in [0, 0.1) is 0 Å². The fourth-order valence-corrected chi connectivity index (χ4v) is 2.35. The van der Waals surface area contributed by atoms with Gasteiger partial charge in [-0.15, -0.1) is 0 Å². The molecule has 0 radical (unpaired) electrons. The third-order valence-corrected chi connectivity index (χ3v) is 3.43. The zero-order valence-electron chi connectivity index (χ0n) is 12.5.